The van der Waals surface area contributed by atoms with Gasteiger partial charge in [0.05, 0.1) is 6.61 Å². The second-order valence-electron chi connectivity index (χ2n) is 3.76. The van der Waals surface area contributed by atoms with Gasteiger partial charge in [-0.05, 0) is 12.1 Å². The molecule has 0 unspecified atom stereocenters. The first-order chi connectivity index (χ1) is 5.59. The number of hydrogen-bond acceptors (Lipinski definition) is 3. The molecule has 0 amide bonds. The van der Waals surface area contributed by atoms with Gasteiger partial charge in [0.15, 0.2) is 0 Å². The van der Waals surface area contributed by atoms with Crippen LogP contribution in [0, 0.1) is 0 Å². The fourth-order valence-electron chi connectivity index (χ4n) is 1.41. The Balaban J connectivity index is 2.55. The summed E-state index contributed by atoms with van der Waals surface area (Å²) in [4.78, 5) is 4.10. The molecule has 3 nitrogen and oxygen atoms in total. The average molecular weight is 164 g/mol. The topological polar surface area (TPSA) is 48.1 Å². The SMILES string of the molecule is CC1(C)COc2nc(N)ccc21. The highest BCUT2D eigenvalue weighted by molar-refractivity contribution is 5.43. The Bertz CT molecular complexity index is 320. The quantitative estimate of drug-likeness (QED) is 0.629. The summed E-state index contributed by atoms with van der Waals surface area (Å²) < 4.78 is 5.40. The second kappa shape index (κ2) is 2.12. The van der Waals surface area contributed by atoms with Crippen molar-refractivity contribution in [2.75, 3.05) is 12.3 Å². The fraction of sp³-hybridized carbons (Fsp3) is 0.444. The Kier molecular flexibility index (Phi) is 1.31. The van der Waals surface area contributed by atoms with Gasteiger partial charge in [-0.15, -0.1) is 0 Å². The Hall–Kier alpha value is -1.25. The Morgan fingerprint density at radius 1 is 1.50 bits per heavy atom. The van der Waals surface area contributed by atoms with E-state index in [9.17, 15) is 0 Å². The van der Waals surface area contributed by atoms with Gasteiger partial charge >= 0.3 is 0 Å². The van der Waals surface area contributed by atoms with Crippen molar-refractivity contribution in [2.24, 2.45) is 0 Å². The standard InChI is InChI=1S/C9H12N2O/c1-9(2)5-12-8-6(9)3-4-7(10)11-8/h3-4H,5H2,1-2H3,(H2,10,11). The summed E-state index contributed by atoms with van der Waals surface area (Å²) in [6, 6.07) is 3.81. The van der Waals surface area contributed by atoms with Crippen LogP contribution >= 0.6 is 0 Å². The highest BCUT2D eigenvalue weighted by Crippen LogP contribution is 2.36. The molecule has 2 heterocycles. The van der Waals surface area contributed by atoms with Crippen LogP contribution in [0.2, 0.25) is 0 Å². The number of ether oxygens (including phenoxy) is 1. The molecule has 0 saturated heterocycles. The van der Waals surface area contributed by atoms with Crippen molar-refractivity contribution in [1.82, 2.24) is 4.98 Å². The number of nitrogens with two attached hydrogens (primary N) is 1. The lowest BCUT2D eigenvalue weighted by molar-refractivity contribution is 0.284. The highest BCUT2D eigenvalue weighted by atomic mass is 16.5. The Labute approximate surface area is 71.6 Å². The monoisotopic (exact) mass is 164 g/mol. The summed E-state index contributed by atoms with van der Waals surface area (Å²) in [6.45, 7) is 4.96. The third-order valence-corrected chi connectivity index (χ3v) is 2.18. The lowest BCUT2D eigenvalue weighted by Crippen LogP contribution is -2.18. The van der Waals surface area contributed by atoms with Gasteiger partial charge in [-0.3, -0.25) is 0 Å². The summed E-state index contributed by atoms with van der Waals surface area (Å²) >= 11 is 0. The van der Waals surface area contributed by atoms with Crippen LogP contribution in [0.1, 0.15) is 19.4 Å². The maximum absolute atomic E-state index is 5.53. The molecule has 0 saturated carbocycles. The predicted octanol–water partition coefficient (Wildman–Crippen LogP) is 1.33. The predicted molar refractivity (Wildman–Crippen MR) is 47.2 cm³/mol. The minimum Gasteiger partial charge on any atom is -0.476 e. The van der Waals surface area contributed by atoms with E-state index in [2.05, 4.69) is 18.8 Å². The van der Waals surface area contributed by atoms with E-state index in [1.54, 1.807) is 0 Å². The molecule has 0 radical (unpaired) electrons. The number of nitrogen functional groups attached to an aromatic ring is 1. The summed E-state index contributed by atoms with van der Waals surface area (Å²) in [5.41, 5.74) is 6.76. The molecule has 1 aliphatic heterocycles. The maximum Gasteiger partial charge on any atom is 0.219 e. The van der Waals surface area contributed by atoms with Gasteiger partial charge in [0.2, 0.25) is 5.88 Å². The summed E-state index contributed by atoms with van der Waals surface area (Å²) in [5.74, 6) is 1.21. The molecule has 1 aliphatic rings. The van der Waals surface area contributed by atoms with Crippen molar-refractivity contribution in [1.29, 1.82) is 0 Å². The number of aromatic nitrogens is 1. The third-order valence-electron chi connectivity index (χ3n) is 2.18. The van der Waals surface area contributed by atoms with Gasteiger partial charge in [-0.25, -0.2) is 0 Å². The van der Waals surface area contributed by atoms with E-state index in [1.165, 1.54) is 0 Å². The molecule has 0 bridgehead atoms. The molecular formula is C9H12N2O. The minimum atomic E-state index is 0.0794. The molecular weight excluding hydrogens is 152 g/mol. The molecule has 64 valence electrons. The smallest absolute Gasteiger partial charge is 0.219 e. The first kappa shape index (κ1) is 7.40. The molecule has 0 aliphatic carbocycles. The van der Waals surface area contributed by atoms with E-state index in [-0.39, 0.29) is 5.41 Å². The number of anilines is 1. The van der Waals surface area contributed by atoms with Crippen molar-refractivity contribution in [3.05, 3.63) is 17.7 Å². The van der Waals surface area contributed by atoms with Crippen LogP contribution in [0.15, 0.2) is 12.1 Å². The zero-order chi connectivity index (χ0) is 8.77. The largest absolute Gasteiger partial charge is 0.476 e. The molecule has 12 heavy (non-hydrogen) atoms. The summed E-state index contributed by atoms with van der Waals surface area (Å²) in [7, 11) is 0. The van der Waals surface area contributed by atoms with E-state index < -0.39 is 0 Å². The first-order valence-corrected chi connectivity index (χ1v) is 3.99. The van der Waals surface area contributed by atoms with Gasteiger partial charge in [-0.2, -0.15) is 4.98 Å². The van der Waals surface area contributed by atoms with Crippen molar-refractivity contribution in [3.63, 3.8) is 0 Å². The minimum absolute atomic E-state index is 0.0794. The third kappa shape index (κ3) is 0.932. The first-order valence-electron chi connectivity index (χ1n) is 3.99. The van der Waals surface area contributed by atoms with E-state index in [1.807, 2.05) is 12.1 Å². The summed E-state index contributed by atoms with van der Waals surface area (Å²) in [5, 5.41) is 0. The normalized spacial score (nSPS) is 18.5. The van der Waals surface area contributed by atoms with Crippen molar-refractivity contribution in [3.8, 4) is 5.88 Å². The molecule has 2 rings (SSSR count). The number of rotatable bonds is 0. The van der Waals surface area contributed by atoms with Gasteiger partial charge in [0.25, 0.3) is 0 Å². The molecule has 0 atom stereocenters. The number of nitrogens with zero attached hydrogens (tertiary/aromatic N) is 1. The molecule has 1 aromatic heterocycles. The van der Waals surface area contributed by atoms with Crippen molar-refractivity contribution >= 4 is 5.82 Å². The Morgan fingerprint density at radius 3 is 3.00 bits per heavy atom. The highest BCUT2D eigenvalue weighted by Gasteiger charge is 2.32. The van der Waals surface area contributed by atoms with Gasteiger partial charge < -0.3 is 10.5 Å². The zero-order valence-corrected chi connectivity index (χ0v) is 7.29. The van der Waals surface area contributed by atoms with Gasteiger partial charge in [0, 0.05) is 11.0 Å². The van der Waals surface area contributed by atoms with E-state index in [0.717, 1.165) is 5.56 Å². The fourth-order valence-corrected chi connectivity index (χ4v) is 1.41. The van der Waals surface area contributed by atoms with Crippen molar-refractivity contribution in [2.45, 2.75) is 19.3 Å². The van der Waals surface area contributed by atoms with Crippen LogP contribution in [0.4, 0.5) is 5.82 Å². The average Bonchev–Trinajstić information content (AvgIpc) is 2.27. The lowest BCUT2D eigenvalue weighted by Gasteiger charge is -2.13. The molecule has 0 aromatic carbocycles. The zero-order valence-electron chi connectivity index (χ0n) is 7.29. The van der Waals surface area contributed by atoms with Crippen LogP contribution < -0.4 is 10.5 Å². The number of pyridine rings is 1. The van der Waals surface area contributed by atoms with Crippen LogP contribution in [-0.2, 0) is 5.41 Å². The molecule has 1 aromatic rings. The molecule has 0 fully saturated rings. The van der Waals surface area contributed by atoms with Crippen LogP contribution in [-0.4, -0.2) is 11.6 Å². The van der Waals surface area contributed by atoms with Gasteiger partial charge in [-0.1, -0.05) is 13.8 Å². The number of hydrogen-bond donors (Lipinski definition) is 1. The molecule has 0 spiro atoms. The van der Waals surface area contributed by atoms with Crippen LogP contribution in [0.3, 0.4) is 0 Å². The maximum atomic E-state index is 5.53. The second-order valence-corrected chi connectivity index (χ2v) is 3.76. The lowest BCUT2D eigenvalue weighted by atomic mass is 9.88. The van der Waals surface area contributed by atoms with E-state index in [0.29, 0.717) is 18.3 Å². The number of fused-ring (bicyclic) bond motifs is 1. The molecule has 2 N–H and O–H groups in total. The van der Waals surface area contributed by atoms with Crippen LogP contribution in [0.5, 0.6) is 5.88 Å². The Morgan fingerprint density at radius 2 is 2.25 bits per heavy atom. The van der Waals surface area contributed by atoms with Gasteiger partial charge in [0.1, 0.15) is 5.82 Å². The summed E-state index contributed by atoms with van der Waals surface area (Å²) in [6.07, 6.45) is 0. The van der Waals surface area contributed by atoms with Crippen LogP contribution in [0.25, 0.3) is 0 Å². The molecule has 3 heteroatoms. The van der Waals surface area contributed by atoms with Crippen molar-refractivity contribution < 1.29 is 4.74 Å². The van der Waals surface area contributed by atoms with E-state index in [4.69, 9.17) is 10.5 Å². The van der Waals surface area contributed by atoms with E-state index >= 15 is 0 Å².